The Morgan fingerprint density at radius 2 is 1.91 bits per heavy atom. The Morgan fingerprint density at radius 3 is 2.61 bits per heavy atom. The number of nitrogens with zero attached hydrogens (tertiary/aromatic N) is 1. The van der Waals surface area contributed by atoms with E-state index >= 15 is 0 Å². The van der Waals surface area contributed by atoms with Crippen molar-refractivity contribution in [3.8, 4) is 11.5 Å². The second-order valence-corrected chi connectivity index (χ2v) is 5.25. The number of hydrogen-bond donors (Lipinski definition) is 2. The third-order valence-corrected chi connectivity index (χ3v) is 3.69. The monoisotopic (exact) mass is 321 g/mol. The van der Waals surface area contributed by atoms with E-state index < -0.39 is 6.04 Å². The van der Waals surface area contributed by atoms with Crippen LogP contribution in [0.5, 0.6) is 11.5 Å². The fraction of sp³-hybridized carbons (Fsp3) is 0.500. The van der Waals surface area contributed by atoms with E-state index in [0.717, 1.165) is 5.56 Å². The lowest BCUT2D eigenvalue weighted by atomic mass is 10.2. The molecule has 7 nitrogen and oxygen atoms in total. The minimum absolute atomic E-state index is 0.222. The van der Waals surface area contributed by atoms with Gasteiger partial charge in [-0.25, -0.2) is 4.79 Å². The summed E-state index contributed by atoms with van der Waals surface area (Å²) in [4.78, 5) is 25.6. The van der Waals surface area contributed by atoms with Crippen LogP contribution < -0.4 is 20.1 Å². The molecule has 0 unspecified atom stereocenters. The van der Waals surface area contributed by atoms with Crippen LogP contribution in [0.1, 0.15) is 26.3 Å². The first kappa shape index (κ1) is 16.9. The molecule has 0 saturated heterocycles. The highest BCUT2D eigenvalue weighted by atomic mass is 16.7. The minimum atomic E-state index is -0.600. The third kappa shape index (κ3) is 4.28. The van der Waals surface area contributed by atoms with Crippen LogP contribution in [-0.2, 0) is 11.3 Å². The first-order valence-corrected chi connectivity index (χ1v) is 7.76. The number of rotatable bonds is 6. The van der Waals surface area contributed by atoms with Crippen LogP contribution in [0.2, 0.25) is 0 Å². The van der Waals surface area contributed by atoms with Crippen LogP contribution >= 0.6 is 0 Å². The number of nitrogens with one attached hydrogen (secondary N) is 2. The Kier molecular flexibility index (Phi) is 5.67. The summed E-state index contributed by atoms with van der Waals surface area (Å²) in [5.41, 5.74) is 0.907. The third-order valence-electron chi connectivity index (χ3n) is 3.69. The molecule has 0 saturated carbocycles. The van der Waals surface area contributed by atoms with E-state index in [4.69, 9.17) is 9.47 Å². The van der Waals surface area contributed by atoms with Crippen LogP contribution in [0.25, 0.3) is 0 Å². The van der Waals surface area contributed by atoms with E-state index in [-0.39, 0.29) is 18.7 Å². The summed E-state index contributed by atoms with van der Waals surface area (Å²) in [6, 6.07) is 4.68. The molecule has 0 bridgehead atoms. The summed E-state index contributed by atoms with van der Waals surface area (Å²) in [6.07, 6.45) is 0. The molecule has 1 aromatic carbocycles. The molecular weight excluding hydrogens is 298 g/mol. The zero-order valence-corrected chi connectivity index (χ0v) is 13.7. The van der Waals surface area contributed by atoms with Crippen molar-refractivity contribution in [2.45, 2.75) is 33.4 Å². The summed E-state index contributed by atoms with van der Waals surface area (Å²) < 4.78 is 10.5. The zero-order chi connectivity index (χ0) is 16.8. The lowest BCUT2D eigenvalue weighted by molar-refractivity contribution is -0.122. The molecule has 2 rings (SSSR count). The van der Waals surface area contributed by atoms with Crippen LogP contribution in [0.15, 0.2) is 18.2 Å². The van der Waals surface area contributed by atoms with Gasteiger partial charge in [-0.15, -0.1) is 0 Å². The Hall–Kier alpha value is -2.44. The van der Waals surface area contributed by atoms with Gasteiger partial charge in [-0.05, 0) is 38.5 Å². The van der Waals surface area contributed by atoms with Gasteiger partial charge in [0.15, 0.2) is 11.5 Å². The molecule has 1 heterocycles. The van der Waals surface area contributed by atoms with Crippen molar-refractivity contribution in [3.05, 3.63) is 23.8 Å². The smallest absolute Gasteiger partial charge is 0.318 e. The molecule has 0 spiro atoms. The van der Waals surface area contributed by atoms with Gasteiger partial charge in [0.05, 0.1) is 0 Å². The van der Waals surface area contributed by atoms with E-state index in [1.165, 1.54) is 0 Å². The molecule has 2 N–H and O–H groups in total. The molecular formula is C16H23N3O4. The maximum absolute atomic E-state index is 12.1. The molecule has 23 heavy (non-hydrogen) atoms. The maximum atomic E-state index is 12.1. The summed E-state index contributed by atoms with van der Waals surface area (Å²) in [5.74, 6) is 1.16. The first-order valence-electron chi connectivity index (χ1n) is 7.76. The summed E-state index contributed by atoms with van der Waals surface area (Å²) >= 11 is 0. The summed E-state index contributed by atoms with van der Waals surface area (Å²) in [6.45, 7) is 7.25. The lowest BCUT2D eigenvalue weighted by Gasteiger charge is -2.22. The Bertz CT molecular complexity index is 572. The summed E-state index contributed by atoms with van der Waals surface area (Å²) in [5, 5.41) is 5.49. The van der Waals surface area contributed by atoms with Crippen molar-refractivity contribution < 1.29 is 19.1 Å². The number of benzene rings is 1. The highest BCUT2D eigenvalue weighted by Gasteiger charge is 2.18. The molecule has 0 aromatic heterocycles. The van der Waals surface area contributed by atoms with Gasteiger partial charge in [0.25, 0.3) is 0 Å². The largest absolute Gasteiger partial charge is 0.454 e. The van der Waals surface area contributed by atoms with Gasteiger partial charge in [0, 0.05) is 19.6 Å². The normalized spacial score (nSPS) is 13.3. The molecule has 0 aliphatic carbocycles. The topological polar surface area (TPSA) is 79.9 Å². The van der Waals surface area contributed by atoms with Gasteiger partial charge < -0.3 is 25.0 Å². The van der Waals surface area contributed by atoms with E-state index in [9.17, 15) is 9.59 Å². The summed E-state index contributed by atoms with van der Waals surface area (Å²) in [7, 11) is 0. The number of fused-ring (bicyclic) bond motifs is 1. The average Bonchev–Trinajstić information content (AvgIpc) is 3.01. The molecule has 0 radical (unpaired) electrons. The number of ether oxygens (including phenoxy) is 2. The second-order valence-electron chi connectivity index (χ2n) is 5.25. The molecule has 1 aliphatic rings. The molecule has 1 aliphatic heterocycles. The Morgan fingerprint density at radius 1 is 1.22 bits per heavy atom. The predicted molar refractivity (Wildman–Crippen MR) is 85.3 cm³/mol. The van der Waals surface area contributed by atoms with Crippen molar-refractivity contribution in [2.75, 3.05) is 19.9 Å². The van der Waals surface area contributed by atoms with E-state index in [0.29, 0.717) is 31.1 Å². The van der Waals surface area contributed by atoms with Gasteiger partial charge in [0.2, 0.25) is 12.7 Å². The second kappa shape index (κ2) is 7.71. The number of carbonyl (C=O) groups is 2. The van der Waals surface area contributed by atoms with E-state index in [1.807, 2.05) is 32.0 Å². The molecule has 0 fully saturated rings. The Labute approximate surface area is 135 Å². The van der Waals surface area contributed by atoms with E-state index in [2.05, 4.69) is 10.6 Å². The molecule has 7 heteroatoms. The van der Waals surface area contributed by atoms with Gasteiger partial charge >= 0.3 is 6.03 Å². The predicted octanol–water partition coefficient (Wildman–Crippen LogP) is 1.47. The van der Waals surface area contributed by atoms with Crippen molar-refractivity contribution in [3.63, 3.8) is 0 Å². The highest BCUT2D eigenvalue weighted by Crippen LogP contribution is 2.32. The average molecular weight is 321 g/mol. The van der Waals surface area contributed by atoms with Gasteiger partial charge in [-0.3, -0.25) is 4.79 Å². The minimum Gasteiger partial charge on any atom is -0.454 e. The molecule has 3 amide bonds. The number of amides is 3. The van der Waals surface area contributed by atoms with Crippen molar-refractivity contribution in [1.82, 2.24) is 15.5 Å². The number of hydrogen-bond acceptors (Lipinski definition) is 4. The van der Waals surface area contributed by atoms with Gasteiger partial charge in [0.1, 0.15) is 6.04 Å². The first-order chi connectivity index (χ1) is 11.0. The lowest BCUT2D eigenvalue weighted by Crippen LogP contribution is -2.49. The van der Waals surface area contributed by atoms with Crippen molar-refractivity contribution >= 4 is 11.9 Å². The van der Waals surface area contributed by atoms with Crippen molar-refractivity contribution in [2.24, 2.45) is 0 Å². The van der Waals surface area contributed by atoms with Crippen LogP contribution in [-0.4, -0.2) is 42.8 Å². The van der Waals surface area contributed by atoms with Crippen LogP contribution in [0, 0.1) is 0 Å². The standard InChI is InChI=1S/C16H23N3O4/c1-4-19(5-2)16(21)18-11(3)15(20)17-9-12-6-7-13-14(8-12)23-10-22-13/h6-8,11H,4-5,9-10H2,1-3H3,(H,17,20)(H,18,21)/t11-/m0/s1. The SMILES string of the molecule is CCN(CC)C(=O)N[C@@H](C)C(=O)NCc1ccc2c(c1)OCO2. The van der Waals surface area contributed by atoms with Crippen LogP contribution in [0.3, 0.4) is 0 Å². The maximum Gasteiger partial charge on any atom is 0.318 e. The molecule has 1 aromatic rings. The molecule has 1 atom stereocenters. The highest BCUT2D eigenvalue weighted by molar-refractivity contribution is 5.86. The quantitative estimate of drug-likeness (QED) is 0.831. The van der Waals surface area contributed by atoms with Gasteiger partial charge in [-0.2, -0.15) is 0 Å². The fourth-order valence-electron chi connectivity index (χ4n) is 2.25. The number of urea groups is 1. The number of carbonyl (C=O) groups excluding carboxylic acids is 2. The van der Waals surface area contributed by atoms with Gasteiger partial charge in [-0.1, -0.05) is 6.07 Å². The zero-order valence-electron chi connectivity index (χ0n) is 13.7. The fourth-order valence-corrected chi connectivity index (χ4v) is 2.25. The Balaban J connectivity index is 1.83. The molecule has 126 valence electrons. The van der Waals surface area contributed by atoms with E-state index in [1.54, 1.807) is 11.8 Å². The van der Waals surface area contributed by atoms with Crippen LogP contribution in [0.4, 0.5) is 4.79 Å². The van der Waals surface area contributed by atoms with Crippen molar-refractivity contribution in [1.29, 1.82) is 0 Å².